The smallest absolute Gasteiger partial charge is 0.126 e. The molecule has 2 aromatic rings. The molecule has 3 rings (SSSR count). The number of aromatic amines is 1. The number of nitrogens with zero attached hydrogens (tertiary/aromatic N) is 2. The summed E-state index contributed by atoms with van der Waals surface area (Å²) < 4.78 is 11.1. The number of hydrogen-bond donors (Lipinski definition) is 1. The number of benzene rings is 1. The number of H-pyrrole nitrogens is 1. The minimum absolute atomic E-state index is 0.138. The van der Waals surface area contributed by atoms with Crippen LogP contribution in [0.1, 0.15) is 25.5 Å². The number of methoxy groups -OCH3 is 1. The average molecular weight is 299 g/mol. The van der Waals surface area contributed by atoms with Gasteiger partial charge in [-0.3, -0.25) is 4.90 Å². The van der Waals surface area contributed by atoms with E-state index in [1.165, 1.54) is 0 Å². The third-order valence-corrected chi connectivity index (χ3v) is 4.15. The predicted octanol–water partition coefficient (Wildman–Crippen LogP) is 2.85. The monoisotopic (exact) mass is 299 g/mol. The molecule has 1 N–H and O–H groups in total. The molecule has 0 spiro atoms. The number of ether oxygens (including phenoxy) is 2. The molecule has 0 saturated carbocycles. The van der Waals surface area contributed by atoms with E-state index >= 15 is 0 Å². The Hall–Kier alpha value is -2.03. The molecule has 0 amide bonds. The normalized spacial score (nSPS) is 24.1. The highest BCUT2D eigenvalue weighted by molar-refractivity contribution is 5.85. The van der Waals surface area contributed by atoms with Gasteiger partial charge in [0.15, 0.2) is 0 Å². The molecule has 22 heavy (non-hydrogen) atoms. The zero-order chi connectivity index (χ0) is 15.7. The van der Waals surface area contributed by atoms with Gasteiger partial charge in [-0.2, -0.15) is 5.26 Å². The van der Waals surface area contributed by atoms with E-state index in [-0.39, 0.29) is 18.2 Å². The first-order chi connectivity index (χ1) is 10.6. The molecule has 1 aliphatic rings. The molecule has 5 nitrogen and oxygen atoms in total. The summed E-state index contributed by atoms with van der Waals surface area (Å²) in [6.07, 6.45) is 2.21. The van der Waals surface area contributed by atoms with Crippen LogP contribution in [0.3, 0.4) is 0 Å². The van der Waals surface area contributed by atoms with Gasteiger partial charge in [-0.15, -0.1) is 0 Å². The van der Waals surface area contributed by atoms with Crippen LogP contribution in [-0.4, -0.2) is 42.3 Å². The lowest BCUT2D eigenvalue weighted by Crippen LogP contribution is -2.46. The summed E-state index contributed by atoms with van der Waals surface area (Å²) in [5.41, 5.74) is 2.02. The summed E-state index contributed by atoms with van der Waals surface area (Å²) >= 11 is 0. The van der Waals surface area contributed by atoms with Gasteiger partial charge in [0, 0.05) is 35.8 Å². The Morgan fingerprint density at radius 2 is 2.09 bits per heavy atom. The van der Waals surface area contributed by atoms with Crippen molar-refractivity contribution in [3.8, 4) is 11.8 Å². The van der Waals surface area contributed by atoms with E-state index in [2.05, 4.69) is 29.8 Å². The molecule has 2 heterocycles. The van der Waals surface area contributed by atoms with Crippen LogP contribution in [0.15, 0.2) is 24.4 Å². The van der Waals surface area contributed by atoms with Crippen molar-refractivity contribution in [1.29, 1.82) is 5.26 Å². The number of nitrogens with one attached hydrogen (secondary N) is 1. The highest BCUT2D eigenvalue weighted by Crippen LogP contribution is 2.32. The third-order valence-electron chi connectivity index (χ3n) is 4.15. The number of morpholine rings is 1. The first kappa shape index (κ1) is 14.9. The molecule has 1 aliphatic heterocycles. The Bertz CT molecular complexity index is 693. The van der Waals surface area contributed by atoms with E-state index in [4.69, 9.17) is 9.47 Å². The van der Waals surface area contributed by atoms with Gasteiger partial charge < -0.3 is 14.5 Å². The van der Waals surface area contributed by atoms with Crippen molar-refractivity contribution in [1.82, 2.24) is 9.88 Å². The minimum Gasteiger partial charge on any atom is -0.497 e. The number of aromatic nitrogens is 1. The van der Waals surface area contributed by atoms with Crippen LogP contribution in [0.2, 0.25) is 0 Å². The van der Waals surface area contributed by atoms with E-state index < -0.39 is 0 Å². The zero-order valence-electron chi connectivity index (χ0n) is 13.2. The summed E-state index contributed by atoms with van der Waals surface area (Å²) in [4.78, 5) is 5.45. The molecular weight excluding hydrogens is 278 g/mol. The van der Waals surface area contributed by atoms with Crippen LogP contribution in [0, 0.1) is 11.3 Å². The maximum Gasteiger partial charge on any atom is 0.126 e. The summed E-state index contributed by atoms with van der Waals surface area (Å²) in [5.74, 6) is 0.800. The quantitative estimate of drug-likeness (QED) is 0.946. The average Bonchev–Trinajstić information content (AvgIpc) is 2.90. The minimum atomic E-state index is -0.283. The van der Waals surface area contributed by atoms with Crippen molar-refractivity contribution in [3.05, 3.63) is 30.0 Å². The first-order valence-electron chi connectivity index (χ1n) is 7.56. The van der Waals surface area contributed by atoms with E-state index in [0.717, 1.165) is 35.3 Å². The van der Waals surface area contributed by atoms with Crippen molar-refractivity contribution in [3.63, 3.8) is 0 Å². The standard InChI is InChI=1S/C17H21N3O2/c1-11-9-20(10-12(2)22-11)17(7-18)15-8-19-16-5-4-13(21-3)6-14(15)16/h4-6,8,11-12,17,19H,9-10H2,1-3H3. The Labute approximate surface area is 130 Å². The highest BCUT2D eigenvalue weighted by atomic mass is 16.5. The number of rotatable bonds is 3. The molecule has 0 radical (unpaired) electrons. The summed E-state index contributed by atoms with van der Waals surface area (Å²) in [7, 11) is 1.65. The maximum atomic E-state index is 9.73. The lowest BCUT2D eigenvalue weighted by atomic mass is 10.0. The van der Waals surface area contributed by atoms with Gasteiger partial charge in [0.1, 0.15) is 11.8 Å². The molecular formula is C17H21N3O2. The van der Waals surface area contributed by atoms with E-state index in [1.54, 1.807) is 7.11 Å². The fourth-order valence-electron chi connectivity index (χ4n) is 3.25. The lowest BCUT2D eigenvalue weighted by molar-refractivity contribution is -0.0748. The van der Waals surface area contributed by atoms with Gasteiger partial charge in [0.05, 0.1) is 25.4 Å². The number of hydrogen-bond acceptors (Lipinski definition) is 4. The molecule has 0 bridgehead atoms. The third kappa shape index (κ3) is 2.68. The van der Waals surface area contributed by atoms with Crippen molar-refractivity contribution in [2.24, 2.45) is 0 Å². The fourth-order valence-corrected chi connectivity index (χ4v) is 3.25. The summed E-state index contributed by atoms with van der Waals surface area (Å²) in [5, 5.41) is 10.8. The first-order valence-corrected chi connectivity index (χ1v) is 7.56. The van der Waals surface area contributed by atoms with Gasteiger partial charge in [0.25, 0.3) is 0 Å². The van der Waals surface area contributed by atoms with Gasteiger partial charge in [-0.05, 0) is 32.0 Å². The number of fused-ring (bicyclic) bond motifs is 1. The fraction of sp³-hybridized carbons (Fsp3) is 0.471. The molecule has 3 unspecified atom stereocenters. The van der Waals surface area contributed by atoms with Crippen molar-refractivity contribution < 1.29 is 9.47 Å². The molecule has 116 valence electrons. The summed E-state index contributed by atoms with van der Waals surface area (Å²) in [6.45, 7) is 5.63. The summed E-state index contributed by atoms with van der Waals surface area (Å²) in [6, 6.07) is 8.06. The van der Waals surface area contributed by atoms with Crippen molar-refractivity contribution in [2.75, 3.05) is 20.2 Å². The molecule has 1 fully saturated rings. The Balaban J connectivity index is 1.98. The Morgan fingerprint density at radius 3 is 2.73 bits per heavy atom. The largest absolute Gasteiger partial charge is 0.497 e. The Kier molecular flexibility index (Phi) is 4.06. The SMILES string of the molecule is COc1ccc2[nH]cc(C(C#N)N3CC(C)OC(C)C3)c2c1. The topological polar surface area (TPSA) is 61.3 Å². The second kappa shape index (κ2) is 5.99. The van der Waals surface area contributed by atoms with E-state index in [9.17, 15) is 5.26 Å². The second-order valence-corrected chi connectivity index (χ2v) is 5.90. The zero-order valence-corrected chi connectivity index (χ0v) is 13.2. The van der Waals surface area contributed by atoms with E-state index in [0.29, 0.717) is 0 Å². The van der Waals surface area contributed by atoms with Crippen LogP contribution >= 0.6 is 0 Å². The van der Waals surface area contributed by atoms with Gasteiger partial charge in [-0.25, -0.2) is 0 Å². The van der Waals surface area contributed by atoms with Crippen LogP contribution < -0.4 is 4.74 Å². The van der Waals surface area contributed by atoms with Gasteiger partial charge in [-0.1, -0.05) is 0 Å². The predicted molar refractivity (Wildman–Crippen MR) is 84.8 cm³/mol. The molecule has 3 atom stereocenters. The molecule has 1 aromatic carbocycles. The number of nitriles is 1. The van der Waals surface area contributed by atoms with Crippen LogP contribution in [-0.2, 0) is 4.74 Å². The van der Waals surface area contributed by atoms with Crippen LogP contribution in [0.4, 0.5) is 0 Å². The molecule has 1 aromatic heterocycles. The van der Waals surface area contributed by atoms with Gasteiger partial charge >= 0.3 is 0 Å². The van der Waals surface area contributed by atoms with Gasteiger partial charge in [0.2, 0.25) is 0 Å². The Morgan fingerprint density at radius 1 is 1.36 bits per heavy atom. The van der Waals surface area contributed by atoms with Crippen LogP contribution in [0.5, 0.6) is 5.75 Å². The molecule has 1 saturated heterocycles. The van der Waals surface area contributed by atoms with Crippen molar-refractivity contribution in [2.45, 2.75) is 32.1 Å². The van der Waals surface area contributed by atoms with Crippen molar-refractivity contribution >= 4 is 10.9 Å². The van der Waals surface area contributed by atoms with Crippen LogP contribution in [0.25, 0.3) is 10.9 Å². The molecule has 5 heteroatoms. The molecule has 0 aliphatic carbocycles. The maximum absolute atomic E-state index is 9.73. The highest BCUT2D eigenvalue weighted by Gasteiger charge is 2.30. The second-order valence-electron chi connectivity index (χ2n) is 5.90. The van der Waals surface area contributed by atoms with E-state index in [1.807, 2.05) is 24.4 Å². The lowest BCUT2D eigenvalue weighted by Gasteiger charge is -2.37.